The van der Waals surface area contributed by atoms with Crippen LogP contribution in [0.25, 0.3) is 0 Å². The average molecular weight is 274 g/mol. The van der Waals surface area contributed by atoms with Gasteiger partial charge in [0.15, 0.2) is 0 Å². The third-order valence-corrected chi connectivity index (χ3v) is 3.34. The molecule has 0 fully saturated rings. The second-order valence-corrected chi connectivity index (χ2v) is 4.88. The molecular formula is C16H19FN2O. The molecule has 4 heteroatoms. The summed E-state index contributed by atoms with van der Waals surface area (Å²) in [4.78, 5) is 5.95. The van der Waals surface area contributed by atoms with Gasteiger partial charge in [0, 0.05) is 37.2 Å². The highest BCUT2D eigenvalue weighted by molar-refractivity contribution is 5.54. The van der Waals surface area contributed by atoms with Crippen molar-refractivity contribution in [3.05, 3.63) is 59.7 Å². The Labute approximate surface area is 118 Å². The Morgan fingerprint density at radius 3 is 2.60 bits per heavy atom. The Balaban J connectivity index is 2.13. The van der Waals surface area contributed by atoms with Gasteiger partial charge >= 0.3 is 0 Å². The number of nitrogens with zero attached hydrogens (tertiary/aromatic N) is 2. The number of aliphatic hydroxyl groups excluding tert-OH is 1. The Bertz CT molecular complexity index is 558. The molecule has 0 amide bonds. The fourth-order valence-corrected chi connectivity index (χ4v) is 2.24. The van der Waals surface area contributed by atoms with Crippen molar-refractivity contribution in [1.82, 2.24) is 4.98 Å². The van der Waals surface area contributed by atoms with E-state index in [2.05, 4.69) is 4.98 Å². The predicted octanol–water partition coefficient (Wildman–Crippen LogP) is 2.95. The van der Waals surface area contributed by atoms with E-state index in [0.29, 0.717) is 5.56 Å². The van der Waals surface area contributed by atoms with Crippen LogP contribution in [0.1, 0.15) is 24.2 Å². The van der Waals surface area contributed by atoms with Gasteiger partial charge in [-0.2, -0.15) is 0 Å². The SMILES string of the molecule is C[C@@H](O)c1c(F)cccc1N(C)CCc1ccncc1. The molecule has 0 radical (unpaired) electrons. The van der Waals surface area contributed by atoms with Crippen molar-refractivity contribution >= 4 is 5.69 Å². The first-order chi connectivity index (χ1) is 9.59. The molecule has 106 valence electrons. The van der Waals surface area contributed by atoms with E-state index in [1.807, 2.05) is 30.1 Å². The highest BCUT2D eigenvalue weighted by Crippen LogP contribution is 2.28. The summed E-state index contributed by atoms with van der Waals surface area (Å²) in [5.74, 6) is -0.367. The Morgan fingerprint density at radius 2 is 1.95 bits per heavy atom. The lowest BCUT2D eigenvalue weighted by atomic mass is 10.1. The van der Waals surface area contributed by atoms with Gasteiger partial charge in [-0.15, -0.1) is 0 Å². The Morgan fingerprint density at radius 1 is 1.25 bits per heavy atom. The molecule has 1 atom stereocenters. The fraction of sp³-hybridized carbons (Fsp3) is 0.312. The highest BCUT2D eigenvalue weighted by Gasteiger charge is 2.16. The van der Waals surface area contributed by atoms with E-state index >= 15 is 0 Å². The largest absolute Gasteiger partial charge is 0.389 e. The molecule has 3 nitrogen and oxygen atoms in total. The number of hydrogen-bond acceptors (Lipinski definition) is 3. The van der Waals surface area contributed by atoms with Crippen molar-refractivity contribution in [3.63, 3.8) is 0 Å². The molecule has 0 bridgehead atoms. The zero-order valence-corrected chi connectivity index (χ0v) is 11.8. The minimum Gasteiger partial charge on any atom is -0.389 e. The van der Waals surface area contributed by atoms with Crippen LogP contribution in [-0.4, -0.2) is 23.7 Å². The summed E-state index contributed by atoms with van der Waals surface area (Å²) in [5, 5.41) is 9.74. The van der Waals surface area contributed by atoms with Gasteiger partial charge in [-0.3, -0.25) is 4.98 Å². The number of likely N-dealkylation sites (N-methyl/N-ethyl adjacent to an activating group) is 1. The molecule has 0 aliphatic heterocycles. The summed E-state index contributed by atoms with van der Waals surface area (Å²) in [6, 6.07) is 8.81. The van der Waals surface area contributed by atoms with Gasteiger partial charge in [0.05, 0.1) is 6.10 Å². The number of hydrogen-bond donors (Lipinski definition) is 1. The van der Waals surface area contributed by atoms with Crippen LogP contribution in [0.5, 0.6) is 0 Å². The molecule has 0 aliphatic carbocycles. The molecule has 1 aromatic carbocycles. The maximum atomic E-state index is 13.8. The second kappa shape index (κ2) is 6.48. The van der Waals surface area contributed by atoms with E-state index in [9.17, 15) is 9.50 Å². The summed E-state index contributed by atoms with van der Waals surface area (Å²) in [6.45, 7) is 2.33. The summed E-state index contributed by atoms with van der Waals surface area (Å²) >= 11 is 0. The van der Waals surface area contributed by atoms with E-state index in [-0.39, 0.29) is 5.82 Å². The highest BCUT2D eigenvalue weighted by atomic mass is 19.1. The first kappa shape index (κ1) is 14.5. The predicted molar refractivity (Wildman–Crippen MR) is 78.2 cm³/mol. The molecule has 0 spiro atoms. The lowest BCUT2D eigenvalue weighted by molar-refractivity contribution is 0.194. The van der Waals surface area contributed by atoms with Gasteiger partial charge in [0.25, 0.3) is 0 Å². The van der Waals surface area contributed by atoms with Crippen LogP contribution in [0, 0.1) is 5.82 Å². The van der Waals surface area contributed by atoms with Gasteiger partial charge in [-0.05, 0) is 43.2 Å². The molecule has 0 unspecified atom stereocenters. The third kappa shape index (κ3) is 3.33. The van der Waals surface area contributed by atoms with E-state index in [1.165, 1.54) is 11.6 Å². The van der Waals surface area contributed by atoms with Gasteiger partial charge in [0.1, 0.15) is 5.82 Å². The fourth-order valence-electron chi connectivity index (χ4n) is 2.24. The first-order valence-electron chi connectivity index (χ1n) is 6.66. The monoisotopic (exact) mass is 274 g/mol. The van der Waals surface area contributed by atoms with E-state index in [0.717, 1.165) is 18.7 Å². The zero-order chi connectivity index (χ0) is 14.5. The molecule has 2 rings (SSSR count). The van der Waals surface area contributed by atoms with Crippen molar-refractivity contribution in [3.8, 4) is 0 Å². The first-order valence-corrected chi connectivity index (χ1v) is 6.66. The molecular weight excluding hydrogens is 255 g/mol. The van der Waals surface area contributed by atoms with Crippen LogP contribution in [0.2, 0.25) is 0 Å². The van der Waals surface area contributed by atoms with Crippen LogP contribution >= 0.6 is 0 Å². The maximum absolute atomic E-state index is 13.8. The number of aliphatic hydroxyl groups is 1. The van der Waals surface area contributed by atoms with Gasteiger partial charge in [-0.1, -0.05) is 6.07 Å². The molecule has 1 N–H and O–H groups in total. The van der Waals surface area contributed by atoms with Crippen LogP contribution in [-0.2, 0) is 6.42 Å². The summed E-state index contributed by atoms with van der Waals surface area (Å²) in [5.41, 5.74) is 2.26. The van der Waals surface area contributed by atoms with E-state index in [4.69, 9.17) is 0 Å². The Kier molecular flexibility index (Phi) is 4.69. The van der Waals surface area contributed by atoms with Crippen LogP contribution in [0.3, 0.4) is 0 Å². The standard InChI is InChI=1S/C16H19FN2O/c1-12(20)16-14(17)4-3-5-15(16)19(2)11-8-13-6-9-18-10-7-13/h3-7,9-10,12,20H,8,11H2,1-2H3/t12-/m1/s1. The number of halogens is 1. The molecule has 0 saturated carbocycles. The summed E-state index contributed by atoms with van der Waals surface area (Å²) < 4.78 is 13.8. The molecule has 0 aliphatic rings. The minimum atomic E-state index is -0.824. The normalized spacial score (nSPS) is 12.2. The van der Waals surface area contributed by atoms with Crippen LogP contribution < -0.4 is 4.90 Å². The topological polar surface area (TPSA) is 36.4 Å². The van der Waals surface area contributed by atoms with Crippen molar-refractivity contribution in [2.75, 3.05) is 18.5 Å². The van der Waals surface area contributed by atoms with E-state index < -0.39 is 6.10 Å². The van der Waals surface area contributed by atoms with Crippen molar-refractivity contribution in [1.29, 1.82) is 0 Å². The maximum Gasteiger partial charge on any atom is 0.131 e. The number of rotatable bonds is 5. The average Bonchev–Trinajstić information content (AvgIpc) is 2.45. The molecule has 0 saturated heterocycles. The quantitative estimate of drug-likeness (QED) is 0.910. The number of pyridine rings is 1. The van der Waals surface area contributed by atoms with Crippen molar-refractivity contribution < 1.29 is 9.50 Å². The molecule has 1 aromatic heterocycles. The lowest BCUT2D eigenvalue weighted by Crippen LogP contribution is -2.22. The second-order valence-electron chi connectivity index (χ2n) is 4.88. The van der Waals surface area contributed by atoms with Crippen molar-refractivity contribution in [2.24, 2.45) is 0 Å². The van der Waals surface area contributed by atoms with E-state index in [1.54, 1.807) is 25.4 Å². The smallest absolute Gasteiger partial charge is 0.131 e. The van der Waals surface area contributed by atoms with Crippen LogP contribution in [0.15, 0.2) is 42.7 Å². The lowest BCUT2D eigenvalue weighted by Gasteiger charge is -2.24. The molecule has 2 aromatic rings. The number of benzene rings is 1. The molecule has 1 heterocycles. The van der Waals surface area contributed by atoms with Crippen LogP contribution in [0.4, 0.5) is 10.1 Å². The number of aromatic nitrogens is 1. The van der Waals surface area contributed by atoms with Crippen molar-refractivity contribution in [2.45, 2.75) is 19.4 Å². The Hall–Kier alpha value is -1.94. The van der Waals surface area contributed by atoms with Gasteiger partial charge in [-0.25, -0.2) is 4.39 Å². The zero-order valence-electron chi connectivity index (χ0n) is 11.8. The van der Waals surface area contributed by atoms with Gasteiger partial charge < -0.3 is 10.0 Å². The molecule has 20 heavy (non-hydrogen) atoms. The number of anilines is 1. The summed E-state index contributed by atoms with van der Waals surface area (Å²) in [6.07, 6.45) is 3.54. The minimum absolute atomic E-state index is 0.352. The summed E-state index contributed by atoms with van der Waals surface area (Å²) in [7, 11) is 1.90. The van der Waals surface area contributed by atoms with Gasteiger partial charge in [0.2, 0.25) is 0 Å². The third-order valence-electron chi connectivity index (χ3n) is 3.34.